The van der Waals surface area contributed by atoms with Gasteiger partial charge in [0.25, 0.3) is 11.5 Å². The Kier molecular flexibility index (Phi) is 3.32. The molecule has 0 radical (unpaired) electrons. The Morgan fingerprint density at radius 2 is 2.07 bits per heavy atom. The number of nitriles is 1. The highest BCUT2D eigenvalue weighted by atomic mass is 32.1. The summed E-state index contributed by atoms with van der Waals surface area (Å²) in [5.41, 5.74) is 2.09. The molecule has 8 heteroatoms. The van der Waals surface area contributed by atoms with E-state index in [9.17, 15) is 13.6 Å². The lowest BCUT2D eigenvalue weighted by Gasteiger charge is -2.19. The van der Waals surface area contributed by atoms with Crippen LogP contribution in [0, 0.1) is 30.1 Å². The van der Waals surface area contributed by atoms with E-state index in [2.05, 4.69) is 4.98 Å². The third kappa shape index (κ3) is 2.28. The average molecular weight is 384 g/mol. The van der Waals surface area contributed by atoms with E-state index in [4.69, 9.17) is 10.2 Å². The second kappa shape index (κ2) is 5.42. The van der Waals surface area contributed by atoms with Gasteiger partial charge in [-0.15, -0.1) is 11.3 Å². The molecule has 3 heterocycles. The molecule has 3 aromatic rings. The van der Waals surface area contributed by atoms with E-state index in [-0.39, 0.29) is 17.2 Å². The standard InChI is InChI=1S/C19H14F2N4OS/c1-9-8-27-16-15(9)24-17(10-4-13-14(5-10)19(13,20)21)25(18(16)26)12-3-2-11(6-22)23-7-12/h2-3,7-8,10,13-14H,4-5H2,1H3/t10-,13+,14-. The smallest absolute Gasteiger partial charge is 0.267 e. The maximum absolute atomic E-state index is 13.7. The molecule has 5 nitrogen and oxygen atoms in total. The molecule has 3 aromatic heterocycles. The minimum absolute atomic E-state index is 0.188. The van der Waals surface area contributed by atoms with Gasteiger partial charge in [0, 0.05) is 17.8 Å². The minimum atomic E-state index is -2.57. The number of hydrogen-bond donors (Lipinski definition) is 0. The van der Waals surface area contributed by atoms with Crippen LogP contribution in [-0.4, -0.2) is 20.5 Å². The fourth-order valence-corrected chi connectivity index (χ4v) is 5.15. The predicted molar refractivity (Wildman–Crippen MR) is 96.4 cm³/mol. The van der Waals surface area contributed by atoms with E-state index >= 15 is 0 Å². The zero-order valence-electron chi connectivity index (χ0n) is 14.3. The van der Waals surface area contributed by atoms with Gasteiger partial charge in [0.2, 0.25) is 0 Å². The lowest BCUT2D eigenvalue weighted by molar-refractivity contribution is 0.0689. The Morgan fingerprint density at radius 3 is 2.70 bits per heavy atom. The summed E-state index contributed by atoms with van der Waals surface area (Å²) in [7, 11) is 0. The Bertz CT molecular complexity index is 1160. The lowest BCUT2D eigenvalue weighted by atomic mass is 10.0. The van der Waals surface area contributed by atoms with Gasteiger partial charge in [0.05, 0.1) is 17.4 Å². The molecule has 0 saturated heterocycles. The topological polar surface area (TPSA) is 71.6 Å². The van der Waals surface area contributed by atoms with Gasteiger partial charge in [-0.25, -0.2) is 18.7 Å². The Hall–Kier alpha value is -2.66. The zero-order chi connectivity index (χ0) is 18.9. The maximum atomic E-state index is 13.7. The molecule has 5 rings (SSSR count). The van der Waals surface area contributed by atoms with Crippen molar-refractivity contribution in [3.05, 3.63) is 51.1 Å². The normalized spacial score (nSPS) is 25.3. The first-order valence-corrected chi connectivity index (χ1v) is 9.55. The third-order valence-corrected chi connectivity index (χ3v) is 6.80. The number of alkyl halides is 2. The van der Waals surface area contributed by atoms with Gasteiger partial charge in [0.1, 0.15) is 22.3 Å². The van der Waals surface area contributed by atoms with Crippen molar-refractivity contribution in [2.24, 2.45) is 11.8 Å². The quantitative estimate of drug-likeness (QED) is 0.674. The van der Waals surface area contributed by atoms with E-state index < -0.39 is 17.8 Å². The number of fused-ring (bicyclic) bond motifs is 2. The Balaban J connectivity index is 1.69. The van der Waals surface area contributed by atoms with Crippen molar-refractivity contribution in [3.8, 4) is 11.8 Å². The van der Waals surface area contributed by atoms with Crippen molar-refractivity contribution >= 4 is 21.6 Å². The fourth-order valence-electron chi connectivity index (χ4n) is 4.23. The largest absolute Gasteiger partial charge is 0.276 e. The number of pyridine rings is 1. The highest BCUT2D eigenvalue weighted by Gasteiger charge is 2.71. The van der Waals surface area contributed by atoms with Crippen LogP contribution in [0.2, 0.25) is 0 Å². The van der Waals surface area contributed by atoms with Crippen LogP contribution < -0.4 is 5.56 Å². The first kappa shape index (κ1) is 16.5. The van der Waals surface area contributed by atoms with E-state index in [0.717, 1.165) is 5.56 Å². The van der Waals surface area contributed by atoms with Gasteiger partial charge in [0.15, 0.2) is 0 Å². The van der Waals surface area contributed by atoms with Crippen LogP contribution in [0.3, 0.4) is 0 Å². The SMILES string of the molecule is Cc1csc2c(=O)n(-c3ccc(C#N)nc3)c([C@H]3C[C@@H]4[C@H](C3)C4(F)F)nc12. The molecule has 0 aromatic carbocycles. The van der Waals surface area contributed by atoms with Crippen molar-refractivity contribution in [2.75, 3.05) is 0 Å². The molecule has 27 heavy (non-hydrogen) atoms. The molecule has 0 aliphatic heterocycles. The molecular weight excluding hydrogens is 370 g/mol. The molecule has 3 atom stereocenters. The molecule has 2 aliphatic rings. The maximum Gasteiger partial charge on any atom is 0.276 e. The summed E-state index contributed by atoms with van der Waals surface area (Å²) in [5, 5.41) is 10.8. The van der Waals surface area contributed by atoms with Crippen LogP contribution in [0.4, 0.5) is 8.78 Å². The Labute approximate surface area is 156 Å². The van der Waals surface area contributed by atoms with Crippen LogP contribution in [0.1, 0.15) is 35.8 Å². The second-order valence-corrected chi connectivity index (χ2v) is 8.16. The summed E-state index contributed by atoms with van der Waals surface area (Å²) in [6.07, 6.45) is 2.13. The number of halogens is 2. The van der Waals surface area contributed by atoms with Crippen molar-refractivity contribution in [3.63, 3.8) is 0 Å². The highest BCUT2D eigenvalue weighted by molar-refractivity contribution is 7.17. The van der Waals surface area contributed by atoms with Gasteiger partial charge in [-0.2, -0.15) is 5.26 Å². The van der Waals surface area contributed by atoms with Crippen molar-refractivity contribution in [1.29, 1.82) is 5.26 Å². The summed E-state index contributed by atoms with van der Waals surface area (Å²) in [5.74, 6) is -3.45. The van der Waals surface area contributed by atoms with Gasteiger partial charge in [-0.05, 0) is 42.8 Å². The van der Waals surface area contributed by atoms with Gasteiger partial charge >= 0.3 is 0 Å². The van der Waals surface area contributed by atoms with Gasteiger partial charge < -0.3 is 0 Å². The minimum Gasteiger partial charge on any atom is -0.267 e. The molecule has 2 saturated carbocycles. The molecule has 0 bridgehead atoms. The first-order valence-electron chi connectivity index (χ1n) is 8.67. The average Bonchev–Trinajstić information content (AvgIpc) is 3.07. The molecule has 0 spiro atoms. The number of aryl methyl sites for hydroxylation is 1. The number of aromatic nitrogens is 3. The molecule has 0 unspecified atom stereocenters. The van der Waals surface area contributed by atoms with Crippen LogP contribution in [0.25, 0.3) is 15.9 Å². The highest BCUT2D eigenvalue weighted by Crippen LogP contribution is 2.67. The number of rotatable bonds is 2. The van der Waals surface area contributed by atoms with Crippen LogP contribution >= 0.6 is 11.3 Å². The molecular formula is C19H14F2N4OS. The van der Waals surface area contributed by atoms with Gasteiger partial charge in [-0.1, -0.05) is 0 Å². The predicted octanol–water partition coefficient (Wildman–Crippen LogP) is 3.78. The van der Waals surface area contributed by atoms with Crippen LogP contribution in [0.15, 0.2) is 28.5 Å². The molecule has 2 aliphatic carbocycles. The number of thiophene rings is 1. The molecule has 0 amide bonds. The molecule has 2 fully saturated rings. The van der Waals surface area contributed by atoms with E-state index in [1.807, 2.05) is 18.4 Å². The zero-order valence-corrected chi connectivity index (χ0v) is 15.1. The number of hydrogen-bond acceptors (Lipinski definition) is 5. The van der Waals surface area contributed by atoms with Crippen LogP contribution in [0.5, 0.6) is 0 Å². The summed E-state index contributed by atoms with van der Waals surface area (Å²) in [6, 6.07) is 5.13. The van der Waals surface area contributed by atoms with Crippen molar-refractivity contribution in [1.82, 2.24) is 14.5 Å². The van der Waals surface area contributed by atoms with Crippen LogP contribution in [-0.2, 0) is 0 Å². The summed E-state index contributed by atoms with van der Waals surface area (Å²) in [4.78, 5) is 22.0. The number of nitrogens with zero attached hydrogens (tertiary/aromatic N) is 4. The summed E-state index contributed by atoms with van der Waals surface area (Å²) >= 11 is 1.33. The van der Waals surface area contributed by atoms with E-state index in [0.29, 0.717) is 34.6 Å². The Morgan fingerprint density at radius 1 is 1.33 bits per heavy atom. The monoisotopic (exact) mass is 384 g/mol. The fraction of sp³-hybridized carbons (Fsp3) is 0.368. The first-order chi connectivity index (χ1) is 12.9. The molecule has 136 valence electrons. The van der Waals surface area contributed by atoms with Crippen molar-refractivity contribution < 1.29 is 8.78 Å². The summed E-state index contributed by atoms with van der Waals surface area (Å²) < 4.78 is 29.3. The molecule has 0 N–H and O–H groups in total. The summed E-state index contributed by atoms with van der Waals surface area (Å²) in [6.45, 7) is 1.89. The van der Waals surface area contributed by atoms with E-state index in [1.165, 1.54) is 28.2 Å². The lowest BCUT2D eigenvalue weighted by Crippen LogP contribution is -2.26. The third-order valence-electron chi connectivity index (χ3n) is 5.72. The van der Waals surface area contributed by atoms with E-state index in [1.54, 1.807) is 6.07 Å². The van der Waals surface area contributed by atoms with Gasteiger partial charge in [-0.3, -0.25) is 9.36 Å². The van der Waals surface area contributed by atoms with Crippen molar-refractivity contribution in [2.45, 2.75) is 31.6 Å². The second-order valence-electron chi connectivity index (χ2n) is 7.28.